The Balaban J connectivity index is 1.18. The summed E-state index contributed by atoms with van der Waals surface area (Å²) in [7, 11) is 0. The molecular weight excluding hydrogens is 378 g/mol. The van der Waals surface area contributed by atoms with Crippen LogP contribution in [0.4, 0.5) is 10.5 Å². The monoisotopic (exact) mass is 409 g/mol. The number of likely N-dealkylation sites (tertiary alicyclic amines) is 1. The average molecular weight is 410 g/mol. The number of urea groups is 1. The summed E-state index contributed by atoms with van der Waals surface area (Å²) in [6.45, 7) is 2.18. The minimum atomic E-state index is -0.0825. The van der Waals surface area contributed by atoms with Crippen LogP contribution in [0, 0.1) is 5.92 Å². The van der Waals surface area contributed by atoms with E-state index in [9.17, 15) is 4.79 Å². The lowest BCUT2D eigenvalue weighted by Gasteiger charge is -2.32. The second-order valence-electron chi connectivity index (χ2n) is 8.26. The fourth-order valence-corrected chi connectivity index (χ4v) is 4.19. The maximum atomic E-state index is 12.4. The molecular formula is C24H31N3O3. The summed E-state index contributed by atoms with van der Waals surface area (Å²) in [6.07, 6.45) is 11.7. The van der Waals surface area contributed by atoms with Gasteiger partial charge in [0.15, 0.2) is 0 Å². The van der Waals surface area contributed by atoms with Crippen molar-refractivity contribution in [1.29, 1.82) is 0 Å². The summed E-state index contributed by atoms with van der Waals surface area (Å²) >= 11 is 0. The molecule has 1 saturated carbocycles. The Bertz CT molecular complexity index is 783. The van der Waals surface area contributed by atoms with Crippen LogP contribution in [0.2, 0.25) is 0 Å². The lowest BCUT2D eigenvalue weighted by Crippen LogP contribution is -2.43. The molecule has 0 atom stereocenters. The summed E-state index contributed by atoms with van der Waals surface area (Å²) in [6, 6.07) is 11.5. The number of nitrogens with zero attached hydrogens (tertiary/aromatic N) is 2. The number of hydrogen-bond acceptors (Lipinski definition) is 4. The standard InChI is InChI=1S/C24H31N3O3/c28-24(26-20-7-4-14-25-17-20)27-15-12-23(13-16-27)30-22-10-8-21(9-11-22)29-18-19-5-2-1-3-6-19/h4,7-11,14,17,19,23H,1-3,5-6,12-13,15-16,18H2,(H,26,28). The van der Waals surface area contributed by atoms with Crippen LogP contribution in [0.15, 0.2) is 48.8 Å². The highest BCUT2D eigenvalue weighted by Gasteiger charge is 2.24. The van der Waals surface area contributed by atoms with Crippen molar-refractivity contribution >= 4 is 11.7 Å². The van der Waals surface area contributed by atoms with Crippen LogP contribution in [0.5, 0.6) is 11.5 Å². The number of benzene rings is 1. The predicted octanol–water partition coefficient (Wildman–Crippen LogP) is 5.12. The van der Waals surface area contributed by atoms with E-state index in [1.165, 1.54) is 32.1 Å². The molecule has 2 aliphatic rings. The highest BCUT2D eigenvalue weighted by atomic mass is 16.5. The lowest BCUT2D eigenvalue weighted by molar-refractivity contribution is 0.115. The minimum Gasteiger partial charge on any atom is -0.493 e. The van der Waals surface area contributed by atoms with Gasteiger partial charge >= 0.3 is 6.03 Å². The summed E-state index contributed by atoms with van der Waals surface area (Å²) < 4.78 is 12.1. The molecule has 6 nitrogen and oxygen atoms in total. The molecule has 0 unspecified atom stereocenters. The first-order valence-electron chi connectivity index (χ1n) is 11.1. The second kappa shape index (κ2) is 10.3. The first kappa shape index (κ1) is 20.5. The summed E-state index contributed by atoms with van der Waals surface area (Å²) in [5.74, 6) is 2.48. The van der Waals surface area contributed by atoms with Crippen molar-refractivity contribution in [2.24, 2.45) is 5.92 Å². The molecule has 1 aliphatic heterocycles. The van der Waals surface area contributed by atoms with Crippen LogP contribution in [0.1, 0.15) is 44.9 Å². The van der Waals surface area contributed by atoms with Crippen LogP contribution in [0.25, 0.3) is 0 Å². The predicted molar refractivity (Wildman–Crippen MR) is 117 cm³/mol. The quantitative estimate of drug-likeness (QED) is 0.720. The van der Waals surface area contributed by atoms with Crippen molar-refractivity contribution in [2.45, 2.75) is 51.0 Å². The number of amides is 2. The Labute approximate surface area is 178 Å². The van der Waals surface area contributed by atoms with E-state index in [0.29, 0.717) is 24.7 Å². The summed E-state index contributed by atoms with van der Waals surface area (Å²) in [4.78, 5) is 18.2. The SMILES string of the molecule is O=C(Nc1cccnc1)N1CCC(Oc2ccc(OCC3CCCCC3)cc2)CC1. The van der Waals surface area contributed by atoms with E-state index in [2.05, 4.69) is 10.3 Å². The number of rotatable bonds is 6. The van der Waals surface area contributed by atoms with Gasteiger partial charge in [0.05, 0.1) is 18.5 Å². The summed E-state index contributed by atoms with van der Waals surface area (Å²) in [5.41, 5.74) is 0.715. The van der Waals surface area contributed by atoms with Crippen molar-refractivity contribution in [2.75, 3.05) is 25.0 Å². The number of carbonyl (C=O) groups is 1. The van der Waals surface area contributed by atoms with Crippen LogP contribution in [0.3, 0.4) is 0 Å². The third-order valence-corrected chi connectivity index (χ3v) is 5.98. The Kier molecular flexibility index (Phi) is 7.06. The highest BCUT2D eigenvalue weighted by molar-refractivity contribution is 5.89. The molecule has 6 heteroatoms. The molecule has 2 heterocycles. The molecule has 0 bridgehead atoms. The molecule has 160 valence electrons. The van der Waals surface area contributed by atoms with Crippen molar-refractivity contribution < 1.29 is 14.3 Å². The minimum absolute atomic E-state index is 0.0825. The third kappa shape index (κ3) is 5.88. The maximum Gasteiger partial charge on any atom is 0.321 e. The van der Waals surface area contributed by atoms with Crippen LogP contribution >= 0.6 is 0 Å². The zero-order valence-electron chi connectivity index (χ0n) is 17.5. The number of anilines is 1. The zero-order valence-corrected chi connectivity index (χ0v) is 17.5. The third-order valence-electron chi connectivity index (χ3n) is 5.98. The molecule has 0 spiro atoms. The van der Waals surface area contributed by atoms with Gasteiger partial charge in [0.2, 0.25) is 0 Å². The van der Waals surface area contributed by atoms with Crippen molar-refractivity contribution in [3.8, 4) is 11.5 Å². The molecule has 0 radical (unpaired) electrons. The zero-order chi connectivity index (χ0) is 20.6. The van der Waals surface area contributed by atoms with E-state index in [1.54, 1.807) is 12.4 Å². The number of ether oxygens (including phenoxy) is 2. The number of nitrogens with one attached hydrogen (secondary N) is 1. The van der Waals surface area contributed by atoms with Crippen LogP contribution in [-0.2, 0) is 0 Å². The topological polar surface area (TPSA) is 63.7 Å². The van der Waals surface area contributed by atoms with Gasteiger partial charge in [-0.1, -0.05) is 19.3 Å². The molecule has 30 heavy (non-hydrogen) atoms. The van der Waals surface area contributed by atoms with Gasteiger partial charge in [-0.15, -0.1) is 0 Å². The van der Waals surface area contributed by atoms with Crippen LogP contribution in [-0.4, -0.2) is 41.7 Å². The molecule has 1 N–H and O–H groups in total. The largest absolute Gasteiger partial charge is 0.493 e. The Morgan fingerprint density at radius 3 is 2.43 bits per heavy atom. The van der Waals surface area contributed by atoms with Gasteiger partial charge in [-0.2, -0.15) is 0 Å². The smallest absolute Gasteiger partial charge is 0.321 e. The van der Waals surface area contributed by atoms with E-state index < -0.39 is 0 Å². The molecule has 1 aromatic heterocycles. The fourth-order valence-electron chi connectivity index (χ4n) is 4.19. The maximum absolute atomic E-state index is 12.4. The molecule has 2 aromatic rings. The first-order valence-corrected chi connectivity index (χ1v) is 11.1. The molecule has 2 fully saturated rings. The van der Waals surface area contributed by atoms with E-state index >= 15 is 0 Å². The average Bonchev–Trinajstić information content (AvgIpc) is 2.80. The van der Waals surface area contributed by atoms with Gasteiger partial charge in [-0.3, -0.25) is 4.98 Å². The van der Waals surface area contributed by atoms with E-state index in [4.69, 9.17) is 9.47 Å². The number of carbonyl (C=O) groups excluding carboxylic acids is 1. The second-order valence-corrected chi connectivity index (χ2v) is 8.26. The normalized spacial score (nSPS) is 18.1. The van der Waals surface area contributed by atoms with Gasteiger partial charge in [-0.25, -0.2) is 4.79 Å². The van der Waals surface area contributed by atoms with Gasteiger partial charge in [0, 0.05) is 32.1 Å². The van der Waals surface area contributed by atoms with Crippen molar-refractivity contribution in [3.63, 3.8) is 0 Å². The van der Waals surface area contributed by atoms with E-state index in [0.717, 1.165) is 30.9 Å². The van der Waals surface area contributed by atoms with Crippen molar-refractivity contribution in [1.82, 2.24) is 9.88 Å². The Hall–Kier alpha value is -2.76. The Morgan fingerprint density at radius 1 is 1.00 bits per heavy atom. The molecule has 1 aromatic carbocycles. The van der Waals surface area contributed by atoms with Gasteiger partial charge < -0.3 is 19.7 Å². The Morgan fingerprint density at radius 2 is 1.73 bits per heavy atom. The van der Waals surface area contributed by atoms with E-state index in [1.807, 2.05) is 41.3 Å². The van der Waals surface area contributed by atoms with Gasteiger partial charge in [0.1, 0.15) is 17.6 Å². The summed E-state index contributed by atoms with van der Waals surface area (Å²) in [5, 5.41) is 2.89. The number of piperidine rings is 1. The molecule has 1 aliphatic carbocycles. The highest BCUT2D eigenvalue weighted by Crippen LogP contribution is 2.26. The van der Waals surface area contributed by atoms with Crippen molar-refractivity contribution in [3.05, 3.63) is 48.8 Å². The first-order chi connectivity index (χ1) is 14.8. The molecule has 4 rings (SSSR count). The molecule has 2 amide bonds. The van der Waals surface area contributed by atoms with E-state index in [-0.39, 0.29) is 12.1 Å². The number of pyridine rings is 1. The van der Waals surface area contributed by atoms with Crippen LogP contribution < -0.4 is 14.8 Å². The van der Waals surface area contributed by atoms with Gasteiger partial charge in [0.25, 0.3) is 0 Å². The number of hydrogen-bond donors (Lipinski definition) is 1. The lowest BCUT2D eigenvalue weighted by atomic mass is 9.90. The van der Waals surface area contributed by atoms with Gasteiger partial charge in [-0.05, 0) is 55.2 Å². The fraction of sp³-hybridized carbons (Fsp3) is 0.500. The molecule has 1 saturated heterocycles. The number of aromatic nitrogens is 1.